The van der Waals surface area contributed by atoms with E-state index in [-0.39, 0.29) is 11.8 Å². The van der Waals surface area contributed by atoms with E-state index in [1.807, 2.05) is 49.4 Å². The third kappa shape index (κ3) is 2.05. The molecule has 0 saturated heterocycles. The smallest absolute Gasteiger partial charge is 0.232 e. The molecule has 0 fully saturated rings. The largest absolute Gasteiger partial charge is 0.496 e. The summed E-state index contributed by atoms with van der Waals surface area (Å²) < 4.78 is 5.37. The molecule has 0 radical (unpaired) electrons. The Morgan fingerprint density at radius 2 is 1.95 bits per heavy atom. The molecule has 1 amide bonds. The Balaban J connectivity index is 1.96. The molecule has 102 valence electrons. The predicted molar refractivity (Wildman–Crippen MR) is 79.2 cm³/mol. The zero-order valence-corrected chi connectivity index (χ0v) is 11.6. The van der Waals surface area contributed by atoms with Crippen LogP contribution in [0.3, 0.4) is 0 Å². The molecule has 0 aromatic heterocycles. The highest BCUT2D eigenvalue weighted by molar-refractivity contribution is 6.03. The molecule has 3 heteroatoms. The van der Waals surface area contributed by atoms with Crippen LogP contribution in [0.15, 0.2) is 42.5 Å². The summed E-state index contributed by atoms with van der Waals surface area (Å²) in [5, 5.41) is 2.99. The van der Waals surface area contributed by atoms with E-state index in [1.165, 1.54) is 0 Å². The zero-order valence-electron chi connectivity index (χ0n) is 11.6. The van der Waals surface area contributed by atoms with Crippen molar-refractivity contribution in [2.75, 3.05) is 12.4 Å². The van der Waals surface area contributed by atoms with Crippen LogP contribution in [-0.4, -0.2) is 13.0 Å². The number of methoxy groups -OCH3 is 1. The third-order valence-corrected chi connectivity index (χ3v) is 3.86. The van der Waals surface area contributed by atoms with Gasteiger partial charge in [-0.15, -0.1) is 0 Å². The molecule has 0 unspecified atom stereocenters. The summed E-state index contributed by atoms with van der Waals surface area (Å²) in [6.45, 7) is 2.02. The minimum atomic E-state index is -0.138. The summed E-state index contributed by atoms with van der Waals surface area (Å²) >= 11 is 0. The van der Waals surface area contributed by atoms with Crippen LogP contribution in [0.2, 0.25) is 0 Å². The Morgan fingerprint density at radius 1 is 1.15 bits per heavy atom. The summed E-state index contributed by atoms with van der Waals surface area (Å²) in [5.41, 5.74) is 4.22. The Labute approximate surface area is 118 Å². The Morgan fingerprint density at radius 3 is 2.75 bits per heavy atom. The van der Waals surface area contributed by atoms with E-state index < -0.39 is 0 Å². The van der Waals surface area contributed by atoms with Crippen molar-refractivity contribution < 1.29 is 9.53 Å². The van der Waals surface area contributed by atoms with Crippen molar-refractivity contribution in [1.29, 1.82) is 0 Å². The summed E-state index contributed by atoms with van der Waals surface area (Å²) in [4.78, 5) is 12.2. The van der Waals surface area contributed by atoms with Crippen LogP contribution in [-0.2, 0) is 11.2 Å². The van der Waals surface area contributed by atoms with Crippen molar-refractivity contribution in [2.45, 2.75) is 19.3 Å². The molecule has 3 nitrogen and oxygen atoms in total. The van der Waals surface area contributed by atoms with E-state index in [2.05, 4.69) is 5.32 Å². The van der Waals surface area contributed by atoms with Gasteiger partial charge in [0.15, 0.2) is 0 Å². The molecule has 20 heavy (non-hydrogen) atoms. The van der Waals surface area contributed by atoms with Gasteiger partial charge < -0.3 is 10.1 Å². The normalized spacial score (nSPS) is 16.7. The molecule has 0 saturated carbocycles. The van der Waals surface area contributed by atoms with Gasteiger partial charge in [0.05, 0.1) is 13.0 Å². The lowest BCUT2D eigenvalue weighted by Gasteiger charge is -2.12. The molecular formula is C17H17NO2. The average molecular weight is 267 g/mol. The fourth-order valence-corrected chi connectivity index (χ4v) is 2.80. The van der Waals surface area contributed by atoms with Crippen LogP contribution in [0, 0.1) is 6.92 Å². The van der Waals surface area contributed by atoms with E-state index in [0.29, 0.717) is 6.42 Å². The third-order valence-electron chi connectivity index (χ3n) is 3.86. The number of para-hydroxylation sites is 2. The number of carbonyl (C=O) groups excluding carboxylic acids is 1. The second-order valence-electron chi connectivity index (χ2n) is 5.10. The second kappa shape index (κ2) is 5.00. The van der Waals surface area contributed by atoms with Crippen LogP contribution in [0.25, 0.3) is 0 Å². The Bertz CT molecular complexity index is 664. The van der Waals surface area contributed by atoms with Gasteiger partial charge >= 0.3 is 0 Å². The van der Waals surface area contributed by atoms with Gasteiger partial charge in [-0.2, -0.15) is 0 Å². The number of hydrogen-bond donors (Lipinski definition) is 1. The number of benzene rings is 2. The molecule has 2 aromatic carbocycles. The first-order valence-corrected chi connectivity index (χ1v) is 6.73. The summed E-state index contributed by atoms with van der Waals surface area (Å²) in [6, 6.07) is 13.9. The number of carbonyl (C=O) groups is 1. The van der Waals surface area contributed by atoms with Crippen LogP contribution in [0.4, 0.5) is 5.69 Å². The van der Waals surface area contributed by atoms with E-state index >= 15 is 0 Å². The molecule has 2 aromatic rings. The predicted octanol–water partition coefficient (Wildman–Crippen LogP) is 3.28. The highest BCUT2D eigenvalue weighted by Gasteiger charge is 2.31. The van der Waals surface area contributed by atoms with Crippen molar-refractivity contribution in [3.8, 4) is 5.75 Å². The van der Waals surface area contributed by atoms with Crippen molar-refractivity contribution in [2.24, 2.45) is 0 Å². The van der Waals surface area contributed by atoms with Gasteiger partial charge in [-0.1, -0.05) is 36.4 Å². The zero-order chi connectivity index (χ0) is 14.1. The highest BCUT2D eigenvalue weighted by Crippen LogP contribution is 2.37. The van der Waals surface area contributed by atoms with Crippen LogP contribution in [0.5, 0.6) is 5.75 Å². The summed E-state index contributed by atoms with van der Waals surface area (Å²) in [7, 11) is 1.66. The second-order valence-corrected chi connectivity index (χ2v) is 5.10. The van der Waals surface area contributed by atoms with Crippen molar-refractivity contribution >= 4 is 11.6 Å². The van der Waals surface area contributed by atoms with Gasteiger partial charge in [-0.3, -0.25) is 4.79 Å². The van der Waals surface area contributed by atoms with Gasteiger partial charge in [-0.25, -0.2) is 0 Å². The van der Waals surface area contributed by atoms with E-state index in [1.54, 1.807) is 7.11 Å². The molecule has 3 rings (SSSR count). The van der Waals surface area contributed by atoms with Crippen LogP contribution < -0.4 is 10.1 Å². The molecule has 1 heterocycles. The first kappa shape index (κ1) is 12.7. The number of ether oxygens (including phenoxy) is 1. The fourth-order valence-electron chi connectivity index (χ4n) is 2.80. The van der Waals surface area contributed by atoms with E-state index in [0.717, 1.165) is 28.1 Å². The van der Waals surface area contributed by atoms with Crippen molar-refractivity contribution in [3.05, 3.63) is 59.2 Å². The van der Waals surface area contributed by atoms with Gasteiger partial charge in [0.1, 0.15) is 5.75 Å². The molecule has 1 atom stereocenters. The topological polar surface area (TPSA) is 38.3 Å². The number of aryl methyl sites for hydroxylation is 1. The molecule has 0 spiro atoms. The van der Waals surface area contributed by atoms with Crippen molar-refractivity contribution in [3.63, 3.8) is 0 Å². The maximum absolute atomic E-state index is 12.2. The molecule has 0 bridgehead atoms. The summed E-state index contributed by atoms with van der Waals surface area (Å²) in [5.74, 6) is 0.766. The Hall–Kier alpha value is -2.29. The van der Waals surface area contributed by atoms with Gasteiger partial charge in [0.25, 0.3) is 0 Å². The molecule has 1 N–H and O–H groups in total. The average Bonchev–Trinajstić information content (AvgIpc) is 2.78. The number of nitrogens with one attached hydrogen (secondary N) is 1. The maximum Gasteiger partial charge on any atom is 0.232 e. The maximum atomic E-state index is 12.2. The lowest BCUT2D eigenvalue weighted by atomic mass is 9.92. The monoisotopic (exact) mass is 267 g/mol. The van der Waals surface area contributed by atoms with E-state index in [4.69, 9.17) is 4.74 Å². The standard InChI is InChI=1S/C17H17NO2/c1-11-6-5-8-13-14(17(19)18-16(11)13)10-12-7-3-4-9-15(12)20-2/h3-9,14H,10H2,1-2H3,(H,18,19)/t14-/m1/s1. The fraction of sp³-hybridized carbons (Fsp3) is 0.235. The molecule has 1 aliphatic heterocycles. The van der Waals surface area contributed by atoms with Crippen molar-refractivity contribution in [1.82, 2.24) is 0 Å². The molecule has 0 aliphatic carbocycles. The first-order valence-electron chi connectivity index (χ1n) is 6.73. The first-order chi connectivity index (χ1) is 9.70. The quantitative estimate of drug-likeness (QED) is 0.926. The Kier molecular flexibility index (Phi) is 3.18. The van der Waals surface area contributed by atoms with Gasteiger partial charge in [0, 0.05) is 5.69 Å². The number of rotatable bonds is 3. The molecule has 1 aliphatic rings. The number of anilines is 1. The summed E-state index contributed by atoms with van der Waals surface area (Å²) in [6.07, 6.45) is 0.659. The minimum absolute atomic E-state index is 0.0696. The van der Waals surface area contributed by atoms with E-state index in [9.17, 15) is 4.79 Å². The van der Waals surface area contributed by atoms with Crippen LogP contribution >= 0.6 is 0 Å². The lowest BCUT2D eigenvalue weighted by molar-refractivity contribution is -0.117. The molecular weight excluding hydrogens is 250 g/mol. The number of hydrogen-bond acceptors (Lipinski definition) is 2. The van der Waals surface area contributed by atoms with Crippen LogP contribution in [0.1, 0.15) is 22.6 Å². The van der Waals surface area contributed by atoms with Gasteiger partial charge in [0.2, 0.25) is 5.91 Å². The number of fused-ring (bicyclic) bond motifs is 1. The minimum Gasteiger partial charge on any atom is -0.496 e. The number of amides is 1. The lowest BCUT2D eigenvalue weighted by Crippen LogP contribution is -2.14. The SMILES string of the molecule is COc1ccccc1C[C@H]1C(=O)Nc2c(C)cccc21. The highest BCUT2D eigenvalue weighted by atomic mass is 16.5. The van der Waals surface area contributed by atoms with Gasteiger partial charge in [-0.05, 0) is 36.1 Å².